The van der Waals surface area contributed by atoms with Crippen molar-refractivity contribution in [3.8, 4) is 0 Å². The van der Waals surface area contributed by atoms with E-state index < -0.39 is 72.7 Å². The number of aliphatic hydroxyl groups is 2. The summed E-state index contributed by atoms with van der Waals surface area (Å²) in [5.41, 5.74) is -5.84. The van der Waals surface area contributed by atoms with Gasteiger partial charge in [0.25, 0.3) is 0 Å². The van der Waals surface area contributed by atoms with Crippen molar-refractivity contribution in [1.29, 1.82) is 0 Å². The van der Waals surface area contributed by atoms with Crippen LogP contribution in [0.1, 0.15) is 25.7 Å². The summed E-state index contributed by atoms with van der Waals surface area (Å²) in [6.45, 7) is 0. The first kappa shape index (κ1) is 43.8. The molecular formula is C12H12Mg3O16. The topological polar surface area (TPSA) is 322 Å². The molecule has 162 valence electrons. The van der Waals surface area contributed by atoms with E-state index in [1.807, 2.05) is 0 Å². The van der Waals surface area contributed by atoms with Crippen molar-refractivity contribution in [2.45, 2.75) is 36.9 Å². The van der Waals surface area contributed by atoms with E-state index in [0.29, 0.717) is 0 Å². The largest absolute Gasteiger partial charge is 2.00 e. The van der Waals surface area contributed by atoms with Crippen LogP contribution in [-0.4, -0.2) is 137 Å². The van der Waals surface area contributed by atoms with E-state index in [2.05, 4.69) is 0 Å². The maximum Gasteiger partial charge on any atom is 2.00 e. The summed E-state index contributed by atoms with van der Waals surface area (Å²) in [4.78, 5) is 60.2. The van der Waals surface area contributed by atoms with E-state index >= 15 is 0 Å². The molecule has 16 nitrogen and oxygen atoms in total. The van der Waals surface area contributed by atoms with Crippen LogP contribution in [0.4, 0.5) is 0 Å². The van der Waals surface area contributed by atoms with E-state index in [1.165, 1.54) is 0 Å². The number of carboxylic acids is 6. The van der Waals surface area contributed by atoms with Crippen LogP contribution in [-0.2, 0) is 28.8 Å². The summed E-state index contributed by atoms with van der Waals surface area (Å²) in [6.07, 6.45) is -5.31. The smallest absolute Gasteiger partial charge is 0.727 e. The third-order valence-electron chi connectivity index (χ3n) is 2.53. The van der Waals surface area contributed by atoms with Crippen LogP contribution in [0.2, 0.25) is 0 Å². The molecule has 0 bridgehead atoms. The molecule has 4 N–H and O–H groups in total. The predicted octanol–water partition coefficient (Wildman–Crippen LogP) is -11.5. The van der Waals surface area contributed by atoms with Gasteiger partial charge in [-0.3, -0.25) is 0 Å². The van der Waals surface area contributed by atoms with Crippen molar-refractivity contribution in [1.82, 2.24) is 0 Å². The Morgan fingerprint density at radius 1 is 0.548 bits per heavy atom. The van der Waals surface area contributed by atoms with Gasteiger partial charge < -0.3 is 75.3 Å². The molecule has 0 aromatic rings. The summed E-state index contributed by atoms with van der Waals surface area (Å²) >= 11 is 0. The standard InChI is InChI=1S/2C6H8O7.3Mg.H2O2/c2*7-3(8)1-6(13,5(11)12)2-4(9)10;;;;1-2/h2*13H,1-2H2,(H,7,8)(H,9,10)(H,11,12);;;;1-2H/q;;3*+2;/p-6. The molecule has 0 aromatic heterocycles. The van der Waals surface area contributed by atoms with E-state index in [4.69, 9.17) is 25.8 Å². The third-order valence-corrected chi connectivity index (χ3v) is 2.53. The first-order chi connectivity index (χ1) is 12.6. The van der Waals surface area contributed by atoms with E-state index in [0.717, 1.165) is 0 Å². The molecule has 0 unspecified atom stereocenters. The summed E-state index contributed by atoms with van der Waals surface area (Å²) in [7, 11) is 0. The number of carbonyl (C=O) groups excluding carboxylic acids is 5. The Hall–Kier alpha value is -1.04. The van der Waals surface area contributed by atoms with Gasteiger partial charge in [-0.2, -0.15) is 0 Å². The van der Waals surface area contributed by atoms with Gasteiger partial charge in [-0.05, 0) is 0 Å². The second-order valence-corrected chi connectivity index (χ2v) is 4.85. The molecule has 0 rings (SSSR count). The number of hydrogen-bond acceptors (Lipinski definition) is 15. The van der Waals surface area contributed by atoms with Gasteiger partial charge in [-0.15, -0.1) is 0 Å². The SMILES string of the molecule is O=C([O-])CC(O)(CC(=O)[O-])C(=O)O.O=C([O-])CC(O)(CC(=O)[O-])C(=O)[O-].[Mg+2].[Mg+2].[Mg+2].[O-]O. The van der Waals surface area contributed by atoms with Crippen LogP contribution < -0.4 is 30.8 Å². The van der Waals surface area contributed by atoms with Crippen LogP contribution >= 0.6 is 0 Å². The number of hydrogen-bond donors (Lipinski definition) is 4. The molecule has 19 heteroatoms. The van der Waals surface area contributed by atoms with Crippen LogP contribution in [0.5, 0.6) is 0 Å². The molecule has 0 aliphatic rings. The van der Waals surface area contributed by atoms with Gasteiger partial charge in [0, 0.05) is 49.6 Å². The molecule has 0 atom stereocenters. The molecule has 0 saturated heterocycles. The molecular weight excluding hydrogens is 473 g/mol. The summed E-state index contributed by atoms with van der Waals surface area (Å²) in [5.74, 6) is -11.6. The summed E-state index contributed by atoms with van der Waals surface area (Å²) in [5, 5.41) is 89.1. The zero-order chi connectivity index (χ0) is 23.3. The van der Waals surface area contributed by atoms with Crippen LogP contribution in [0, 0.1) is 0 Å². The van der Waals surface area contributed by atoms with Gasteiger partial charge in [-0.25, -0.2) is 4.79 Å². The molecule has 31 heavy (non-hydrogen) atoms. The van der Waals surface area contributed by atoms with Gasteiger partial charge in [0.05, 0.1) is 5.97 Å². The van der Waals surface area contributed by atoms with Crippen LogP contribution in [0.3, 0.4) is 0 Å². The maximum atomic E-state index is 10.3. The Kier molecular flexibility index (Phi) is 29.4. The summed E-state index contributed by atoms with van der Waals surface area (Å²) in [6, 6.07) is 0. The molecule has 0 saturated carbocycles. The third kappa shape index (κ3) is 22.0. The quantitative estimate of drug-likeness (QED) is 0.127. The average Bonchev–Trinajstić information content (AvgIpc) is 2.46. The second kappa shape index (κ2) is 20.8. The average molecular weight is 485 g/mol. The molecule has 0 aliphatic heterocycles. The molecule has 0 radical (unpaired) electrons. The Bertz CT molecular complexity index is 523. The fourth-order valence-electron chi connectivity index (χ4n) is 1.38. The second-order valence-electron chi connectivity index (χ2n) is 4.85. The number of aliphatic carboxylic acids is 6. The van der Waals surface area contributed by atoms with Crippen LogP contribution in [0.25, 0.3) is 0 Å². The normalized spacial score (nSPS) is 9.29. The zero-order valence-corrected chi connectivity index (χ0v) is 19.9. The minimum absolute atomic E-state index is 0. The van der Waals surface area contributed by atoms with Crippen molar-refractivity contribution >= 4 is 105 Å². The number of carbonyl (C=O) groups is 6. The summed E-state index contributed by atoms with van der Waals surface area (Å²) < 4.78 is 0. The first-order valence-electron chi connectivity index (χ1n) is 6.43. The molecule has 0 aromatic carbocycles. The van der Waals surface area contributed by atoms with Gasteiger partial charge in [0.15, 0.2) is 5.60 Å². The van der Waals surface area contributed by atoms with Gasteiger partial charge in [-0.1, -0.05) is 0 Å². The van der Waals surface area contributed by atoms with Crippen molar-refractivity contribution in [2.24, 2.45) is 0 Å². The van der Waals surface area contributed by atoms with E-state index in [9.17, 15) is 54.3 Å². The maximum absolute atomic E-state index is 10.3. The van der Waals surface area contributed by atoms with Gasteiger partial charge in [0.2, 0.25) is 0 Å². The minimum Gasteiger partial charge on any atom is -0.727 e. The van der Waals surface area contributed by atoms with Crippen molar-refractivity contribution < 1.29 is 80.1 Å². The number of rotatable bonds is 10. The van der Waals surface area contributed by atoms with E-state index in [1.54, 1.807) is 0 Å². The molecule has 0 amide bonds. The first-order valence-corrected chi connectivity index (χ1v) is 6.43. The molecule has 0 spiro atoms. The van der Waals surface area contributed by atoms with Gasteiger partial charge >= 0.3 is 75.1 Å². The molecule has 0 aliphatic carbocycles. The molecule has 0 fully saturated rings. The zero-order valence-electron chi connectivity index (χ0n) is 15.6. The number of carboxylic acid groups (broad SMARTS) is 6. The van der Waals surface area contributed by atoms with E-state index in [-0.39, 0.29) is 69.2 Å². The van der Waals surface area contributed by atoms with Gasteiger partial charge in [0.1, 0.15) is 5.60 Å². The Labute approximate surface area is 220 Å². The monoisotopic (exact) mass is 484 g/mol. The fourth-order valence-corrected chi connectivity index (χ4v) is 1.38. The Balaban J connectivity index is -0.0000000855. The van der Waals surface area contributed by atoms with Crippen molar-refractivity contribution in [3.63, 3.8) is 0 Å². The fraction of sp³-hybridized carbons (Fsp3) is 0.500. The predicted molar refractivity (Wildman–Crippen MR) is 80.9 cm³/mol. The Morgan fingerprint density at radius 2 is 0.742 bits per heavy atom. The minimum atomic E-state index is -2.97. The molecule has 0 heterocycles. The van der Waals surface area contributed by atoms with Crippen LogP contribution in [0.15, 0.2) is 0 Å². The Morgan fingerprint density at radius 3 is 0.871 bits per heavy atom. The van der Waals surface area contributed by atoms with Crippen molar-refractivity contribution in [2.75, 3.05) is 0 Å². The van der Waals surface area contributed by atoms with Crippen molar-refractivity contribution in [3.05, 3.63) is 0 Å².